The molecule has 96 valence electrons. The van der Waals surface area contributed by atoms with Crippen molar-refractivity contribution >= 4 is 9.84 Å². The first kappa shape index (κ1) is 14.0. The maximum absolute atomic E-state index is 12.2. The van der Waals surface area contributed by atoms with Gasteiger partial charge in [-0.15, -0.1) is 0 Å². The summed E-state index contributed by atoms with van der Waals surface area (Å²) in [4.78, 5) is 0. The Hall–Kier alpha value is -0.0900. The minimum Gasteiger partial charge on any atom is -0.313 e. The topological polar surface area (TPSA) is 46.2 Å². The molecule has 1 fully saturated rings. The van der Waals surface area contributed by atoms with Gasteiger partial charge in [-0.3, -0.25) is 0 Å². The van der Waals surface area contributed by atoms with Gasteiger partial charge in [0, 0.05) is 5.54 Å². The Bertz CT molecular complexity index is 321. The number of hydrogen-bond acceptors (Lipinski definition) is 3. The molecule has 0 aromatic carbocycles. The molecule has 16 heavy (non-hydrogen) atoms. The van der Waals surface area contributed by atoms with Crippen LogP contribution in [0.4, 0.5) is 0 Å². The number of hydrogen-bond donors (Lipinski definition) is 1. The highest BCUT2D eigenvalue weighted by atomic mass is 32.2. The third-order valence-electron chi connectivity index (χ3n) is 3.74. The molecule has 0 saturated heterocycles. The van der Waals surface area contributed by atoms with Crippen LogP contribution in [0.1, 0.15) is 52.9 Å². The first-order chi connectivity index (χ1) is 7.22. The van der Waals surface area contributed by atoms with Gasteiger partial charge in [0.25, 0.3) is 0 Å². The SMILES string of the molecule is CNC1(CS(=O)(=O)C(C)(C)C)CCCCC1. The Morgan fingerprint density at radius 3 is 2.00 bits per heavy atom. The van der Waals surface area contributed by atoms with E-state index in [1.54, 1.807) is 20.8 Å². The molecule has 4 heteroatoms. The van der Waals surface area contributed by atoms with E-state index in [9.17, 15) is 8.42 Å². The van der Waals surface area contributed by atoms with Gasteiger partial charge >= 0.3 is 0 Å². The minimum absolute atomic E-state index is 0.176. The van der Waals surface area contributed by atoms with Crippen molar-refractivity contribution in [3.8, 4) is 0 Å². The second-order valence-corrected chi connectivity index (χ2v) is 8.71. The van der Waals surface area contributed by atoms with Crippen molar-refractivity contribution in [3.05, 3.63) is 0 Å². The lowest BCUT2D eigenvalue weighted by atomic mass is 9.83. The van der Waals surface area contributed by atoms with E-state index >= 15 is 0 Å². The average molecular weight is 247 g/mol. The van der Waals surface area contributed by atoms with Crippen molar-refractivity contribution in [3.63, 3.8) is 0 Å². The highest BCUT2D eigenvalue weighted by Crippen LogP contribution is 2.31. The second kappa shape index (κ2) is 4.65. The molecule has 0 atom stereocenters. The summed E-state index contributed by atoms with van der Waals surface area (Å²) in [6.45, 7) is 5.36. The van der Waals surface area contributed by atoms with E-state index in [1.807, 2.05) is 7.05 Å². The van der Waals surface area contributed by atoms with Crippen LogP contribution in [0.25, 0.3) is 0 Å². The summed E-state index contributed by atoms with van der Waals surface area (Å²) in [6, 6.07) is 0. The lowest BCUT2D eigenvalue weighted by Crippen LogP contribution is -2.52. The molecule has 0 aromatic rings. The predicted octanol–water partition coefficient (Wildman–Crippen LogP) is 2.12. The van der Waals surface area contributed by atoms with Gasteiger partial charge in [0.05, 0.1) is 10.5 Å². The first-order valence-corrected chi connectivity index (χ1v) is 7.79. The summed E-state index contributed by atoms with van der Waals surface area (Å²) >= 11 is 0. The quantitative estimate of drug-likeness (QED) is 0.831. The summed E-state index contributed by atoms with van der Waals surface area (Å²) < 4.78 is 23.8. The molecule has 3 nitrogen and oxygen atoms in total. The number of sulfone groups is 1. The second-order valence-electron chi connectivity index (χ2n) is 5.96. The first-order valence-electron chi connectivity index (χ1n) is 6.14. The smallest absolute Gasteiger partial charge is 0.156 e. The van der Waals surface area contributed by atoms with Crippen molar-refractivity contribution in [1.29, 1.82) is 0 Å². The van der Waals surface area contributed by atoms with E-state index in [-0.39, 0.29) is 11.3 Å². The fourth-order valence-corrected chi connectivity index (χ4v) is 3.87. The van der Waals surface area contributed by atoms with Crippen LogP contribution >= 0.6 is 0 Å². The molecule has 0 aliphatic heterocycles. The van der Waals surface area contributed by atoms with Crippen molar-refractivity contribution < 1.29 is 8.42 Å². The standard InChI is InChI=1S/C12H25NO2S/c1-11(2,3)16(14,15)10-12(13-4)8-6-5-7-9-12/h13H,5-10H2,1-4H3. The van der Waals surface area contributed by atoms with Crippen LogP contribution in [0.3, 0.4) is 0 Å². The number of nitrogens with one attached hydrogen (secondary N) is 1. The maximum atomic E-state index is 12.2. The molecule has 0 spiro atoms. The zero-order valence-corrected chi connectivity index (χ0v) is 11.8. The molecule has 0 radical (unpaired) electrons. The largest absolute Gasteiger partial charge is 0.313 e. The van der Waals surface area contributed by atoms with Crippen molar-refractivity contribution in [1.82, 2.24) is 5.32 Å². The molecule has 0 amide bonds. The van der Waals surface area contributed by atoms with Crippen LogP contribution in [0.15, 0.2) is 0 Å². The highest BCUT2D eigenvalue weighted by molar-refractivity contribution is 7.92. The summed E-state index contributed by atoms with van der Waals surface area (Å²) in [6.07, 6.45) is 5.48. The predicted molar refractivity (Wildman–Crippen MR) is 68.4 cm³/mol. The van der Waals surface area contributed by atoms with Gasteiger partial charge in [0.1, 0.15) is 0 Å². The molecule has 0 bridgehead atoms. The molecule has 0 unspecified atom stereocenters. The van der Waals surface area contributed by atoms with E-state index in [2.05, 4.69) is 5.32 Å². The van der Waals surface area contributed by atoms with Gasteiger partial charge in [0.2, 0.25) is 0 Å². The van der Waals surface area contributed by atoms with Crippen molar-refractivity contribution in [2.75, 3.05) is 12.8 Å². The van der Waals surface area contributed by atoms with E-state index in [1.165, 1.54) is 6.42 Å². The molecule has 1 rings (SSSR count). The van der Waals surface area contributed by atoms with Gasteiger partial charge in [-0.2, -0.15) is 0 Å². The van der Waals surface area contributed by atoms with Crippen LogP contribution in [0, 0.1) is 0 Å². The summed E-state index contributed by atoms with van der Waals surface area (Å²) in [5.74, 6) is 0.278. The van der Waals surface area contributed by atoms with Crippen LogP contribution in [-0.2, 0) is 9.84 Å². The lowest BCUT2D eigenvalue weighted by molar-refractivity contribution is 0.272. The molecular formula is C12H25NO2S. The summed E-state index contributed by atoms with van der Waals surface area (Å²) in [5, 5.41) is 3.27. The summed E-state index contributed by atoms with van der Waals surface area (Å²) in [7, 11) is -1.14. The van der Waals surface area contributed by atoms with E-state index in [0.717, 1.165) is 25.7 Å². The lowest BCUT2D eigenvalue weighted by Gasteiger charge is -2.38. The van der Waals surface area contributed by atoms with Crippen molar-refractivity contribution in [2.45, 2.75) is 63.2 Å². The van der Waals surface area contributed by atoms with Crippen LogP contribution in [0.2, 0.25) is 0 Å². The van der Waals surface area contributed by atoms with Crippen LogP contribution in [-0.4, -0.2) is 31.5 Å². The van der Waals surface area contributed by atoms with Gasteiger partial charge < -0.3 is 5.32 Å². The Morgan fingerprint density at radius 2 is 1.62 bits per heavy atom. The minimum atomic E-state index is -3.03. The number of rotatable bonds is 3. The normalized spacial score (nSPS) is 22.0. The molecule has 0 aromatic heterocycles. The monoisotopic (exact) mass is 247 g/mol. The van der Waals surface area contributed by atoms with Gasteiger partial charge in [-0.05, 0) is 40.7 Å². The maximum Gasteiger partial charge on any atom is 0.156 e. The van der Waals surface area contributed by atoms with E-state index < -0.39 is 14.6 Å². The van der Waals surface area contributed by atoms with Gasteiger partial charge in [-0.1, -0.05) is 19.3 Å². The average Bonchev–Trinajstić information content (AvgIpc) is 2.17. The Labute approximate surface area is 99.9 Å². The highest BCUT2D eigenvalue weighted by Gasteiger charge is 2.40. The molecule has 1 saturated carbocycles. The fraction of sp³-hybridized carbons (Fsp3) is 1.00. The Morgan fingerprint density at radius 1 is 1.12 bits per heavy atom. The van der Waals surface area contributed by atoms with Crippen LogP contribution in [0.5, 0.6) is 0 Å². The molecule has 1 aliphatic carbocycles. The molecule has 1 aliphatic rings. The van der Waals surface area contributed by atoms with E-state index in [0.29, 0.717) is 0 Å². The van der Waals surface area contributed by atoms with Gasteiger partial charge in [-0.25, -0.2) is 8.42 Å². The fourth-order valence-electron chi connectivity index (χ4n) is 2.28. The Kier molecular flexibility index (Phi) is 4.06. The zero-order chi connectivity index (χ0) is 12.4. The summed E-state index contributed by atoms with van der Waals surface area (Å²) in [5.41, 5.74) is -0.176. The molecule has 1 N–H and O–H groups in total. The Balaban J connectivity index is 2.85. The third kappa shape index (κ3) is 2.98. The zero-order valence-electron chi connectivity index (χ0n) is 11.0. The van der Waals surface area contributed by atoms with Crippen molar-refractivity contribution in [2.24, 2.45) is 0 Å². The molecular weight excluding hydrogens is 222 g/mol. The van der Waals surface area contributed by atoms with Crippen LogP contribution < -0.4 is 5.32 Å². The molecule has 0 heterocycles. The van der Waals surface area contributed by atoms with Gasteiger partial charge in [0.15, 0.2) is 9.84 Å². The third-order valence-corrected chi connectivity index (χ3v) is 6.54. The van der Waals surface area contributed by atoms with E-state index in [4.69, 9.17) is 0 Å².